The molecule has 0 bridgehead atoms. The molecule has 1 aromatic rings. The summed E-state index contributed by atoms with van der Waals surface area (Å²) in [7, 11) is 1.34. The normalized spacial score (nSPS) is 17.2. The Morgan fingerprint density at radius 3 is 2.55 bits per heavy atom. The highest BCUT2D eigenvalue weighted by molar-refractivity contribution is 5.99. The number of nitrogens with one attached hydrogen (secondary N) is 1. The predicted octanol–water partition coefficient (Wildman–Crippen LogP) is 1.85. The van der Waals surface area contributed by atoms with Gasteiger partial charge in [0, 0.05) is 5.69 Å². The van der Waals surface area contributed by atoms with Crippen molar-refractivity contribution in [2.75, 3.05) is 12.4 Å². The molecule has 5 heteroatoms. The van der Waals surface area contributed by atoms with Crippen LogP contribution >= 0.6 is 0 Å². The first-order valence-corrected chi connectivity index (χ1v) is 6.65. The summed E-state index contributed by atoms with van der Waals surface area (Å²) in [5.74, 6) is -0.321. The zero-order valence-corrected chi connectivity index (χ0v) is 12.0. The van der Waals surface area contributed by atoms with Crippen molar-refractivity contribution < 1.29 is 14.3 Å². The fourth-order valence-corrected chi connectivity index (χ4v) is 2.17. The minimum absolute atomic E-state index is 0.186. The summed E-state index contributed by atoms with van der Waals surface area (Å²) in [4.78, 5) is 23.6. The molecule has 1 aromatic carbocycles. The number of ether oxygens (including phenoxy) is 1. The number of rotatable bonds is 4. The van der Waals surface area contributed by atoms with Crippen LogP contribution in [-0.2, 0) is 9.53 Å². The van der Waals surface area contributed by atoms with Gasteiger partial charge in [-0.05, 0) is 56.4 Å². The first-order valence-electron chi connectivity index (χ1n) is 6.65. The third-order valence-electron chi connectivity index (χ3n) is 3.81. The molecule has 1 amide bonds. The van der Waals surface area contributed by atoms with Crippen molar-refractivity contribution in [1.29, 1.82) is 0 Å². The molecular weight excluding hydrogens is 256 g/mol. The van der Waals surface area contributed by atoms with Gasteiger partial charge in [0.1, 0.15) is 0 Å². The Kier molecular flexibility index (Phi) is 3.81. The molecule has 108 valence electrons. The van der Waals surface area contributed by atoms with Crippen molar-refractivity contribution in [3.8, 4) is 0 Å². The van der Waals surface area contributed by atoms with Crippen LogP contribution in [0.4, 0.5) is 5.69 Å². The van der Waals surface area contributed by atoms with Crippen LogP contribution in [0.15, 0.2) is 18.2 Å². The summed E-state index contributed by atoms with van der Waals surface area (Å²) in [6.07, 6.45) is 2.00. The number of amides is 1. The summed E-state index contributed by atoms with van der Waals surface area (Å²) in [5.41, 5.74) is 7.16. The van der Waals surface area contributed by atoms with E-state index < -0.39 is 11.5 Å². The van der Waals surface area contributed by atoms with E-state index in [0.717, 1.165) is 18.4 Å². The standard InChI is InChI=1S/C15H20N2O3/c1-9-8-10(13(18)20-3)4-7-12(9)17-14(19)15(2,16)11-5-6-11/h4,7-8,11H,5-6,16H2,1-3H3,(H,17,19). The topological polar surface area (TPSA) is 81.4 Å². The first-order chi connectivity index (χ1) is 9.36. The van der Waals surface area contributed by atoms with Crippen LogP contribution < -0.4 is 11.1 Å². The lowest BCUT2D eigenvalue weighted by molar-refractivity contribution is -0.121. The van der Waals surface area contributed by atoms with Crippen LogP contribution in [-0.4, -0.2) is 24.5 Å². The van der Waals surface area contributed by atoms with Crippen LogP contribution in [0.5, 0.6) is 0 Å². The third kappa shape index (κ3) is 2.82. The van der Waals surface area contributed by atoms with E-state index >= 15 is 0 Å². The van der Waals surface area contributed by atoms with Gasteiger partial charge in [0.15, 0.2) is 0 Å². The van der Waals surface area contributed by atoms with E-state index in [0.29, 0.717) is 11.3 Å². The average Bonchev–Trinajstić information content (AvgIpc) is 3.24. The SMILES string of the molecule is COC(=O)c1ccc(NC(=O)C(C)(N)C2CC2)c(C)c1. The van der Waals surface area contributed by atoms with E-state index in [1.807, 2.05) is 6.92 Å². The number of methoxy groups -OCH3 is 1. The molecule has 1 aliphatic rings. The second-order valence-corrected chi connectivity index (χ2v) is 5.53. The molecule has 1 unspecified atom stereocenters. The second-order valence-electron chi connectivity index (χ2n) is 5.53. The van der Waals surface area contributed by atoms with Crippen molar-refractivity contribution in [3.05, 3.63) is 29.3 Å². The maximum atomic E-state index is 12.2. The number of benzene rings is 1. The molecule has 0 saturated heterocycles. The van der Waals surface area contributed by atoms with E-state index in [2.05, 4.69) is 10.1 Å². The van der Waals surface area contributed by atoms with Gasteiger partial charge in [-0.1, -0.05) is 0 Å². The Balaban J connectivity index is 2.14. The monoisotopic (exact) mass is 276 g/mol. The highest BCUT2D eigenvalue weighted by atomic mass is 16.5. The summed E-state index contributed by atoms with van der Waals surface area (Å²) < 4.78 is 4.66. The summed E-state index contributed by atoms with van der Waals surface area (Å²) in [6, 6.07) is 5.01. The maximum Gasteiger partial charge on any atom is 0.337 e. The molecule has 0 aromatic heterocycles. The molecule has 3 N–H and O–H groups in total. The summed E-state index contributed by atoms with van der Waals surface area (Å²) >= 11 is 0. The Labute approximate surface area is 118 Å². The molecular formula is C15H20N2O3. The maximum absolute atomic E-state index is 12.2. The number of esters is 1. The minimum Gasteiger partial charge on any atom is -0.465 e. The molecule has 2 rings (SSSR count). The highest BCUT2D eigenvalue weighted by Crippen LogP contribution is 2.38. The Morgan fingerprint density at radius 2 is 2.05 bits per heavy atom. The van der Waals surface area contributed by atoms with Gasteiger partial charge in [-0.3, -0.25) is 4.79 Å². The van der Waals surface area contributed by atoms with Crippen molar-refractivity contribution >= 4 is 17.6 Å². The average molecular weight is 276 g/mol. The van der Waals surface area contributed by atoms with Crippen molar-refractivity contribution in [2.45, 2.75) is 32.2 Å². The quantitative estimate of drug-likeness (QED) is 0.822. The zero-order valence-electron chi connectivity index (χ0n) is 12.0. The molecule has 0 aliphatic heterocycles. The molecule has 1 saturated carbocycles. The largest absolute Gasteiger partial charge is 0.465 e. The third-order valence-corrected chi connectivity index (χ3v) is 3.81. The van der Waals surface area contributed by atoms with Gasteiger partial charge < -0.3 is 15.8 Å². The van der Waals surface area contributed by atoms with E-state index in [-0.39, 0.29) is 11.8 Å². The van der Waals surface area contributed by atoms with E-state index in [9.17, 15) is 9.59 Å². The zero-order chi connectivity index (χ0) is 14.9. The van der Waals surface area contributed by atoms with Gasteiger partial charge in [0.25, 0.3) is 0 Å². The number of hydrogen-bond donors (Lipinski definition) is 2. The van der Waals surface area contributed by atoms with Crippen LogP contribution in [0.25, 0.3) is 0 Å². The number of nitrogens with two attached hydrogens (primary N) is 1. The molecule has 20 heavy (non-hydrogen) atoms. The molecule has 0 radical (unpaired) electrons. The van der Waals surface area contributed by atoms with Crippen molar-refractivity contribution in [3.63, 3.8) is 0 Å². The molecule has 5 nitrogen and oxygen atoms in total. The summed E-state index contributed by atoms with van der Waals surface area (Å²) in [5, 5.41) is 2.84. The van der Waals surface area contributed by atoms with Crippen molar-refractivity contribution in [1.82, 2.24) is 0 Å². The molecule has 1 fully saturated rings. The highest BCUT2D eigenvalue weighted by Gasteiger charge is 2.44. The van der Waals surface area contributed by atoms with Gasteiger partial charge in [0.2, 0.25) is 5.91 Å². The van der Waals surface area contributed by atoms with E-state index in [1.54, 1.807) is 25.1 Å². The van der Waals surface area contributed by atoms with Crippen LogP contribution in [0, 0.1) is 12.8 Å². The van der Waals surface area contributed by atoms with Gasteiger partial charge in [-0.15, -0.1) is 0 Å². The van der Waals surface area contributed by atoms with Crippen LogP contribution in [0.1, 0.15) is 35.7 Å². The van der Waals surface area contributed by atoms with Gasteiger partial charge in [0.05, 0.1) is 18.2 Å². The number of aryl methyl sites for hydroxylation is 1. The van der Waals surface area contributed by atoms with E-state index in [1.165, 1.54) is 7.11 Å². The predicted molar refractivity (Wildman–Crippen MR) is 76.5 cm³/mol. The fourth-order valence-electron chi connectivity index (χ4n) is 2.17. The Bertz CT molecular complexity index is 548. The lowest BCUT2D eigenvalue weighted by atomic mass is 9.96. The van der Waals surface area contributed by atoms with Gasteiger partial charge >= 0.3 is 5.97 Å². The Morgan fingerprint density at radius 1 is 1.40 bits per heavy atom. The molecule has 1 aliphatic carbocycles. The van der Waals surface area contributed by atoms with E-state index in [4.69, 9.17) is 5.73 Å². The second kappa shape index (κ2) is 5.25. The number of anilines is 1. The number of hydrogen-bond acceptors (Lipinski definition) is 4. The number of carbonyl (C=O) groups is 2. The molecule has 0 heterocycles. The smallest absolute Gasteiger partial charge is 0.337 e. The Hall–Kier alpha value is -1.88. The fraction of sp³-hybridized carbons (Fsp3) is 0.467. The first kappa shape index (κ1) is 14.5. The van der Waals surface area contributed by atoms with Crippen LogP contribution in [0.2, 0.25) is 0 Å². The minimum atomic E-state index is -0.840. The lowest BCUT2D eigenvalue weighted by Gasteiger charge is -2.23. The molecule has 0 spiro atoms. The molecule has 1 atom stereocenters. The summed E-state index contributed by atoms with van der Waals surface area (Å²) in [6.45, 7) is 3.59. The van der Waals surface area contributed by atoms with Crippen molar-refractivity contribution in [2.24, 2.45) is 11.7 Å². The van der Waals surface area contributed by atoms with Gasteiger partial charge in [-0.25, -0.2) is 4.79 Å². The van der Waals surface area contributed by atoms with Gasteiger partial charge in [-0.2, -0.15) is 0 Å². The lowest BCUT2D eigenvalue weighted by Crippen LogP contribution is -2.50. The van der Waals surface area contributed by atoms with Crippen LogP contribution in [0.3, 0.4) is 0 Å². The number of carbonyl (C=O) groups excluding carboxylic acids is 2.